The number of halogens is 1. The Balaban J connectivity index is 1.41. The number of carboxylic acids is 1. The Morgan fingerprint density at radius 1 is 1.00 bits per heavy atom. The van der Waals surface area contributed by atoms with Crippen molar-refractivity contribution in [3.63, 3.8) is 0 Å². The number of thiocarbonyl (C=S) groups is 1. The summed E-state index contributed by atoms with van der Waals surface area (Å²) < 4.78 is 21.6. The highest BCUT2D eigenvalue weighted by molar-refractivity contribution is 7.80. The van der Waals surface area contributed by atoms with E-state index in [9.17, 15) is 23.9 Å². The summed E-state index contributed by atoms with van der Waals surface area (Å²) in [5.41, 5.74) is 3.64. The molecule has 1 aromatic heterocycles. The molecule has 5 rings (SSSR count). The highest BCUT2D eigenvalue weighted by Crippen LogP contribution is 2.27. The molecule has 0 saturated carbocycles. The molecular weight excluding hydrogens is 545 g/mol. The van der Waals surface area contributed by atoms with Gasteiger partial charge in [-0.15, -0.1) is 0 Å². The normalized spacial score (nSPS) is 14.4. The van der Waals surface area contributed by atoms with E-state index in [4.69, 9.17) is 17.0 Å². The molecule has 8 nitrogen and oxygen atoms in total. The van der Waals surface area contributed by atoms with Crippen LogP contribution >= 0.6 is 12.2 Å². The van der Waals surface area contributed by atoms with Crippen LogP contribution in [-0.2, 0) is 16.2 Å². The van der Waals surface area contributed by atoms with Gasteiger partial charge in [-0.25, -0.2) is 9.18 Å². The van der Waals surface area contributed by atoms with Crippen LogP contribution in [0.15, 0.2) is 84.4 Å². The van der Waals surface area contributed by atoms with Crippen molar-refractivity contribution >= 4 is 46.9 Å². The van der Waals surface area contributed by atoms with Crippen LogP contribution in [0.4, 0.5) is 10.1 Å². The molecule has 3 aromatic carbocycles. The maximum atomic E-state index is 13.9. The zero-order valence-corrected chi connectivity index (χ0v) is 22.9. The second kappa shape index (κ2) is 11.2. The smallest absolute Gasteiger partial charge is 0.335 e. The molecule has 1 aliphatic heterocycles. The molecule has 206 valence electrons. The van der Waals surface area contributed by atoms with Crippen molar-refractivity contribution in [2.24, 2.45) is 0 Å². The lowest BCUT2D eigenvalue weighted by Crippen LogP contribution is -2.54. The maximum absolute atomic E-state index is 13.9. The minimum Gasteiger partial charge on any atom is -0.489 e. The van der Waals surface area contributed by atoms with E-state index in [2.05, 4.69) is 5.32 Å². The lowest BCUT2D eigenvalue weighted by atomic mass is 10.1. The van der Waals surface area contributed by atoms with Gasteiger partial charge in [-0.3, -0.25) is 19.8 Å². The second-order valence-electron chi connectivity index (χ2n) is 9.35. The highest BCUT2D eigenvalue weighted by Gasteiger charge is 2.35. The fourth-order valence-electron chi connectivity index (χ4n) is 4.62. The fourth-order valence-corrected chi connectivity index (χ4v) is 4.91. The lowest BCUT2D eigenvalue weighted by Gasteiger charge is -2.29. The molecule has 0 atom stereocenters. The lowest BCUT2D eigenvalue weighted by molar-refractivity contribution is -0.122. The predicted octanol–water partition coefficient (Wildman–Crippen LogP) is 5.34. The summed E-state index contributed by atoms with van der Waals surface area (Å²) in [6, 6.07) is 21.3. The summed E-state index contributed by atoms with van der Waals surface area (Å²) >= 11 is 5.23. The fraction of sp³-hybridized carbons (Fsp3) is 0.0968. The summed E-state index contributed by atoms with van der Waals surface area (Å²) in [7, 11) is 0. The molecule has 41 heavy (non-hydrogen) atoms. The monoisotopic (exact) mass is 569 g/mol. The van der Waals surface area contributed by atoms with E-state index in [1.165, 1.54) is 30.3 Å². The zero-order valence-electron chi connectivity index (χ0n) is 22.1. The third-order valence-electron chi connectivity index (χ3n) is 6.67. The number of benzene rings is 3. The van der Waals surface area contributed by atoms with Crippen molar-refractivity contribution in [1.29, 1.82) is 0 Å². The van der Waals surface area contributed by atoms with E-state index < -0.39 is 17.8 Å². The Labute approximate surface area is 240 Å². The number of nitrogens with one attached hydrogen (secondary N) is 1. The molecule has 2 N–H and O–H groups in total. The van der Waals surface area contributed by atoms with Crippen LogP contribution in [0.3, 0.4) is 0 Å². The molecule has 0 spiro atoms. The molecule has 0 radical (unpaired) electrons. The number of carboxylic acid groups (broad SMARTS) is 1. The van der Waals surface area contributed by atoms with Gasteiger partial charge in [0.1, 0.15) is 23.7 Å². The van der Waals surface area contributed by atoms with Crippen LogP contribution in [0.25, 0.3) is 11.8 Å². The minimum absolute atomic E-state index is 0.0206. The molecule has 0 aliphatic carbocycles. The van der Waals surface area contributed by atoms with E-state index in [1.807, 2.05) is 36.6 Å². The molecule has 2 heterocycles. The number of hydrogen-bond donors (Lipinski definition) is 2. The first-order chi connectivity index (χ1) is 19.6. The van der Waals surface area contributed by atoms with E-state index in [-0.39, 0.29) is 34.4 Å². The molecular formula is C31H24FN3O5S. The third-order valence-corrected chi connectivity index (χ3v) is 6.95. The van der Waals surface area contributed by atoms with Crippen LogP contribution in [0.2, 0.25) is 0 Å². The Hall–Kier alpha value is -5.09. The van der Waals surface area contributed by atoms with E-state index >= 15 is 0 Å². The third kappa shape index (κ3) is 5.50. The molecule has 0 bridgehead atoms. The summed E-state index contributed by atoms with van der Waals surface area (Å²) in [5.74, 6) is -2.21. The highest BCUT2D eigenvalue weighted by atomic mass is 32.1. The molecule has 4 aromatic rings. The number of anilines is 1. The largest absolute Gasteiger partial charge is 0.489 e. The number of carbonyl (C=O) groups excluding carboxylic acids is 2. The van der Waals surface area contributed by atoms with Crippen LogP contribution < -0.4 is 15.0 Å². The Morgan fingerprint density at radius 3 is 2.44 bits per heavy atom. The van der Waals surface area contributed by atoms with Crippen LogP contribution in [-0.4, -0.2) is 32.6 Å². The number of nitrogens with zero attached hydrogens (tertiary/aromatic N) is 2. The van der Waals surface area contributed by atoms with E-state index in [1.54, 1.807) is 36.4 Å². The number of hydrogen-bond acceptors (Lipinski definition) is 5. The average Bonchev–Trinajstić information content (AvgIpc) is 3.23. The number of aromatic carboxylic acids is 1. The van der Waals surface area contributed by atoms with Gasteiger partial charge in [0.05, 0.1) is 11.3 Å². The van der Waals surface area contributed by atoms with Gasteiger partial charge in [-0.2, -0.15) is 0 Å². The Kier molecular flexibility index (Phi) is 7.50. The minimum atomic E-state index is -1.15. The number of carbonyl (C=O) groups is 3. The maximum Gasteiger partial charge on any atom is 0.335 e. The zero-order chi connectivity index (χ0) is 29.3. The standard InChI is InChI=1S/C31H24FN3O5S/c1-18-14-22(16-26-28(36)33-31(41)35(29(26)37)24-8-5-7-20(15-24)30(38)39)19(2)34(18)23-10-12-25(13-11-23)40-17-21-6-3-4-9-27(21)32/h3-16H,17H2,1-2H3,(H,38,39)(H,33,36,41). The first-order valence-electron chi connectivity index (χ1n) is 12.5. The molecule has 1 saturated heterocycles. The summed E-state index contributed by atoms with van der Waals surface area (Å²) in [4.78, 5) is 38.8. The van der Waals surface area contributed by atoms with Gasteiger partial charge >= 0.3 is 5.97 Å². The van der Waals surface area contributed by atoms with Crippen molar-refractivity contribution in [3.05, 3.63) is 118 Å². The van der Waals surface area contributed by atoms with E-state index in [0.717, 1.165) is 22.0 Å². The van der Waals surface area contributed by atoms with Crippen molar-refractivity contribution < 1.29 is 28.6 Å². The molecule has 1 fully saturated rings. The quantitative estimate of drug-likeness (QED) is 0.177. The van der Waals surface area contributed by atoms with Gasteiger partial charge in [0.25, 0.3) is 11.8 Å². The summed E-state index contributed by atoms with van der Waals surface area (Å²) in [5, 5.41) is 11.7. The van der Waals surface area contributed by atoms with Gasteiger partial charge in [-0.05, 0) is 92.3 Å². The van der Waals surface area contributed by atoms with Gasteiger partial charge in [0, 0.05) is 22.6 Å². The van der Waals surface area contributed by atoms with Crippen LogP contribution in [0.5, 0.6) is 5.75 Å². The van der Waals surface area contributed by atoms with Gasteiger partial charge in [0.2, 0.25) is 0 Å². The van der Waals surface area contributed by atoms with Crippen LogP contribution in [0, 0.1) is 19.7 Å². The molecule has 1 aliphatic rings. The van der Waals surface area contributed by atoms with Crippen LogP contribution in [0.1, 0.15) is 32.9 Å². The number of amides is 2. The number of aryl methyl sites for hydroxylation is 1. The van der Waals surface area contributed by atoms with E-state index in [0.29, 0.717) is 16.9 Å². The van der Waals surface area contributed by atoms with Crippen molar-refractivity contribution in [2.75, 3.05) is 4.90 Å². The van der Waals surface area contributed by atoms with Crippen molar-refractivity contribution in [1.82, 2.24) is 9.88 Å². The molecule has 0 unspecified atom stereocenters. The summed E-state index contributed by atoms with van der Waals surface area (Å²) in [6.07, 6.45) is 1.50. The Bertz CT molecular complexity index is 1740. The molecule has 2 amide bonds. The summed E-state index contributed by atoms with van der Waals surface area (Å²) in [6.45, 7) is 3.87. The average molecular weight is 570 g/mol. The predicted molar refractivity (Wildman–Crippen MR) is 156 cm³/mol. The number of ether oxygens (including phenoxy) is 1. The topological polar surface area (TPSA) is 101 Å². The van der Waals surface area contributed by atoms with Crippen molar-refractivity contribution in [2.45, 2.75) is 20.5 Å². The first kappa shape index (κ1) is 27.5. The first-order valence-corrected chi connectivity index (χ1v) is 13.0. The SMILES string of the molecule is Cc1cc(C=C2C(=O)NC(=S)N(c3cccc(C(=O)O)c3)C2=O)c(C)n1-c1ccc(OCc2ccccc2F)cc1. The van der Waals surface area contributed by atoms with Gasteiger partial charge in [0.15, 0.2) is 5.11 Å². The molecule has 10 heteroatoms. The number of rotatable bonds is 7. The second-order valence-corrected chi connectivity index (χ2v) is 9.74. The Morgan fingerprint density at radius 2 is 1.73 bits per heavy atom. The van der Waals surface area contributed by atoms with Gasteiger partial charge < -0.3 is 14.4 Å². The van der Waals surface area contributed by atoms with Gasteiger partial charge in [-0.1, -0.05) is 24.3 Å². The number of aromatic nitrogens is 1. The van der Waals surface area contributed by atoms with Crippen molar-refractivity contribution in [3.8, 4) is 11.4 Å².